The number of benzene rings is 1. The fourth-order valence-electron chi connectivity index (χ4n) is 0.917. The van der Waals surface area contributed by atoms with Gasteiger partial charge < -0.3 is 0 Å². The van der Waals surface area contributed by atoms with Crippen LogP contribution in [0, 0.1) is 0 Å². The van der Waals surface area contributed by atoms with E-state index in [1.54, 1.807) is 12.1 Å². The highest BCUT2D eigenvalue weighted by Crippen LogP contribution is 2.15. The molecule has 0 aromatic heterocycles. The summed E-state index contributed by atoms with van der Waals surface area (Å²) in [5.74, 6) is -0.454. The van der Waals surface area contributed by atoms with E-state index in [1.807, 2.05) is 18.2 Å². The molecule has 0 unspecified atom stereocenters. The van der Waals surface area contributed by atoms with E-state index in [2.05, 4.69) is 20.5 Å². The zero-order valence-electron chi connectivity index (χ0n) is 7.16. The molecule has 0 atom stereocenters. The predicted molar refractivity (Wildman–Crippen MR) is 48.9 cm³/mol. The van der Waals surface area contributed by atoms with Crippen molar-refractivity contribution in [2.45, 2.75) is 0 Å². The number of carbonyl (C=O) groups excluding carboxylic acids is 1. The standard InChI is InChI=1S/C9H6N4O/c14-9-8(6-10-13-9)12-11-7-4-2-1-3-5-7/h1-6H. The zero-order valence-corrected chi connectivity index (χ0v) is 7.16. The van der Waals surface area contributed by atoms with E-state index >= 15 is 0 Å². The fourth-order valence-corrected chi connectivity index (χ4v) is 0.917. The monoisotopic (exact) mass is 186 g/mol. The molecule has 0 fully saturated rings. The Labute approximate surface area is 79.9 Å². The van der Waals surface area contributed by atoms with Gasteiger partial charge in [-0.3, -0.25) is 4.79 Å². The number of rotatable bonds is 2. The van der Waals surface area contributed by atoms with Crippen molar-refractivity contribution in [2.24, 2.45) is 20.5 Å². The van der Waals surface area contributed by atoms with Crippen LogP contribution in [0.15, 0.2) is 62.7 Å². The minimum Gasteiger partial charge on any atom is -0.263 e. The van der Waals surface area contributed by atoms with E-state index in [1.165, 1.54) is 6.20 Å². The summed E-state index contributed by atoms with van der Waals surface area (Å²) in [7, 11) is 0. The molecule has 68 valence electrons. The molecule has 0 N–H and O–H groups in total. The molecule has 14 heavy (non-hydrogen) atoms. The van der Waals surface area contributed by atoms with E-state index in [9.17, 15) is 4.79 Å². The van der Waals surface area contributed by atoms with Crippen molar-refractivity contribution in [1.82, 2.24) is 0 Å². The molecule has 5 heteroatoms. The van der Waals surface area contributed by atoms with E-state index in [-0.39, 0.29) is 5.70 Å². The lowest BCUT2D eigenvalue weighted by Gasteiger charge is -1.89. The summed E-state index contributed by atoms with van der Waals surface area (Å²) in [6.45, 7) is 0. The Morgan fingerprint density at radius 3 is 2.50 bits per heavy atom. The fraction of sp³-hybridized carbons (Fsp3) is 0. The number of hydrogen-bond donors (Lipinski definition) is 0. The highest BCUT2D eigenvalue weighted by atomic mass is 16.2. The topological polar surface area (TPSA) is 66.5 Å². The third-order valence-corrected chi connectivity index (χ3v) is 1.58. The van der Waals surface area contributed by atoms with E-state index in [0.29, 0.717) is 5.69 Å². The Kier molecular flexibility index (Phi) is 2.22. The second-order valence-electron chi connectivity index (χ2n) is 2.57. The van der Waals surface area contributed by atoms with Gasteiger partial charge in [0.25, 0.3) is 0 Å². The maximum atomic E-state index is 10.9. The van der Waals surface area contributed by atoms with Gasteiger partial charge in [0, 0.05) is 0 Å². The maximum Gasteiger partial charge on any atom is 0.317 e. The van der Waals surface area contributed by atoms with Crippen molar-refractivity contribution in [3.8, 4) is 0 Å². The molecular weight excluding hydrogens is 180 g/mol. The van der Waals surface area contributed by atoms with Gasteiger partial charge >= 0.3 is 5.91 Å². The predicted octanol–water partition coefficient (Wildman–Crippen LogP) is 2.60. The molecule has 2 rings (SSSR count). The molecule has 1 aromatic rings. The lowest BCUT2D eigenvalue weighted by atomic mass is 10.3. The molecule has 5 nitrogen and oxygen atoms in total. The lowest BCUT2D eigenvalue weighted by molar-refractivity contribution is -0.114. The van der Waals surface area contributed by atoms with Crippen LogP contribution in [0.4, 0.5) is 5.69 Å². The minimum absolute atomic E-state index is 0.161. The first-order valence-electron chi connectivity index (χ1n) is 3.98. The Balaban J connectivity index is 2.13. The normalized spacial score (nSPS) is 15.1. The first-order valence-corrected chi connectivity index (χ1v) is 3.98. The summed E-state index contributed by atoms with van der Waals surface area (Å²) in [4.78, 5) is 10.9. The van der Waals surface area contributed by atoms with Gasteiger partial charge in [-0.25, -0.2) is 0 Å². The van der Waals surface area contributed by atoms with Crippen molar-refractivity contribution >= 4 is 11.6 Å². The van der Waals surface area contributed by atoms with Crippen molar-refractivity contribution in [3.63, 3.8) is 0 Å². The van der Waals surface area contributed by atoms with Gasteiger partial charge in [0.05, 0.1) is 11.9 Å². The molecule has 1 amide bonds. The second-order valence-corrected chi connectivity index (χ2v) is 2.57. The van der Waals surface area contributed by atoms with Crippen LogP contribution < -0.4 is 0 Å². The largest absolute Gasteiger partial charge is 0.317 e. The van der Waals surface area contributed by atoms with Crippen LogP contribution in [0.1, 0.15) is 0 Å². The summed E-state index contributed by atoms with van der Waals surface area (Å²) >= 11 is 0. The van der Waals surface area contributed by atoms with Gasteiger partial charge in [-0.05, 0) is 12.1 Å². The number of carbonyl (C=O) groups is 1. The number of hydrogen-bond acceptors (Lipinski definition) is 4. The first-order chi connectivity index (χ1) is 6.86. The SMILES string of the molecule is O=C1N=NC=C1N=Nc1ccccc1. The van der Waals surface area contributed by atoms with Crippen LogP contribution >= 0.6 is 0 Å². The molecule has 0 saturated carbocycles. The van der Waals surface area contributed by atoms with Gasteiger partial charge in [-0.2, -0.15) is 10.2 Å². The molecule has 0 saturated heterocycles. The number of nitrogens with zero attached hydrogens (tertiary/aromatic N) is 4. The highest BCUT2D eigenvalue weighted by molar-refractivity contribution is 5.94. The van der Waals surface area contributed by atoms with E-state index in [0.717, 1.165) is 0 Å². The van der Waals surface area contributed by atoms with Crippen LogP contribution in [0.2, 0.25) is 0 Å². The van der Waals surface area contributed by atoms with Gasteiger partial charge in [-0.1, -0.05) is 18.2 Å². The molecule has 1 aliphatic heterocycles. The number of amides is 1. The molecule has 0 bridgehead atoms. The Morgan fingerprint density at radius 1 is 1.07 bits per heavy atom. The van der Waals surface area contributed by atoms with Crippen LogP contribution in [0.25, 0.3) is 0 Å². The van der Waals surface area contributed by atoms with Gasteiger partial charge in [0.2, 0.25) is 0 Å². The van der Waals surface area contributed by atoms with E-state index < -0.39 is 5.91 Å². The Hall–Kier alpha value is -2.17. The molecule has 1 aliphatic rings. The third kappa shape index (κ3) is 1.77. The minimum atomic E-state index is -0.454. The molecule has 0 aliphatic carbocycles. The quantitative estimate of drug-likeness (QED) is 0.654. The smallest absolute Gasteiger partial charge is 0.263 e. The van der Waals surface area contributed by atoms with Crippen LogP contribution in [0.3, 0.4) is 0 Å². The molecular formula is C9H6N4O. The average molecular weight is 186 g/mol. The van der Waals surface area contributed by atoms with Crippen LogP contribution in [-0.4, -0.2) is 5.91 Å². The van der Waals surface area contributed by atoms with Gasteiger partial charge in [0.15, 0.2) is 5.70 Å². The zero-order chi connectivity index (χ0) is 9.80. The van der Waals surface area contributed by atoms with Crippen molar-refractivity contribution in [3.05, 3.63) is 42.2 Å². The summed E-state index contributed by atoms with van der Waals surface area (Å²) in [5.41, 5.74) is 0.849. The first kappa shape index (κ1) is 8.43. The van der Waals surface area contributed by atoms with Gasteiger partial charge in [-0.15, -0.1) is 10.2 Å². The Morgan fingerprint density at radius 2 is 1.86 bits per heavy atom. The van der Waals surface area contributed by atoms with Crippen LogP contribution in [-0.2, 0) is 4.79 Å². The molecule has 0 radical (unpaired) electrons. The van der Waals surface area contributed by atoms with Crippen LogP contribution in [0.5, 0.6) is 0 Å². The summed E-state index contributed by atoms with van der Waals surface area (Å²) < 4.78 is 0. The number of azo groups is 2. The Bertz CT molecular complexity index is 433. The van der Waals surface area contributed by atoms with E-state index in [4.69, 9.17) is 0 Å². The summed E-state index contributed by atoms with van der Waals surface area (Å²) in [6, 6.07) is 9.14. The highest BCUT2D eigenvalue weighted by Gasteiger charge is 2.11. The lowest BCUT2D eigenvalue weighted by Crippen LogP contribution is -1.88. The van der Waals surface area contributed by atoms with Crippen molar-refractivity contribution < 1.29 is 4.79 Å². The third-order valence-electron chi connectivity index (χ3n) is 1.58. The summed E-state index contributed by atoms with van der Waals surface area (Å²) in [6.07, 6.45) is 1.29. The van der Waals surface area contributed by atoms with Crippen molar-refractivity contribution in [2.75, 3.05) is 0 Å². The average Bonchev–Trinajstić information content (AvgIpc) is 2.63. The summed E-state index contributed by atoms with van der Waals surface area (Å²) in [5, 5.41) is 14.3. The molecule has 1 heterocycles. The maximum absolute atomic E-state index is 10.9. The molecule has 0 spiro atoms. The van der Waals surface area contributed by atoms with Crippen molar-refractivity contribution in [1.29, 1.82) is 0 Å². The molecule has 1 aromatic carbocycles. The second kappa shape index (κ2) is 3.69. The van der Waals surface area contributed by atoms with Gasteiger partial charge in [0.1, 0.15) is 0 Å².